The van der Waals surface area contributed by atoms with Gasteiger partial charge in [0.2, 0.25) is 0 Å². The predicted octanol–water partition coefficient (Wildman–Crippen LogP) is 5.00. The third-order valence-electron chi connectivity index (χ3n) is 3.69. The Morgan fingerprint density at radius 3 is 1.71 bits per heavy atom. The van der Waals surface area contributed by atoms with Crippen LogP contribution < -0.4 is 5.32 Å². The van der Waals surface area contributed by atoms with Gasteiger partial charge in [-0.25, -0.2) is 0 Å². The molecule has 1 aliphatic carbocycles. The molecule has 2 heteroatoms. The van der Waals surface area contributed by atoms with Crippen molar-refractivity contribution in [1.82, 2.24) is 5.32 Å². The largest absolute Gasteiger partial charge is 0.309 e. The lowest BCUT2D eigenvalue weighted by atomic mass is 9.98. The molecule has 17 heavy (non-hydrogen) atoms. The molecule has 0 aromatic rings. The van der Waals surface area contributed by atoms with E-state index in [9.17, 15) is 0 Å². The van der Waals surface area contributed by atoms with Gasteiger partial charge in [-0.1, -0.05) is 76.0 Å². The van der Waals surface area contributed by atoms with Crippen LogP contribution in [0.1, 0.15) is 70.6 Å². The van der Waals surface area contributed by atoms with Crippen molar-refractivity contribution >= 4 is 11.6 Å². The van der Waals surface area contributed by atoms with Crippen LogP contribution in [0.4, 0.5) is 0 Å². The number of nitrogens with one attached hydrogen (secondary N) is 1. The molecular formula is C15H28ClN. The van der Waals surface area contributed by atoms with Crippen molar-refractivity contribution in [2.24, 2.45) is 0 Å². The molecule has 1 aliphatic rings. The quantitative estimate of drug-likeness (QED) is 0.750. The Morgan fingerprint density at radius 2 is 1.29 bits per heavy atom. The van der Waals surface area contributed by atoms with E-state index in [-0.39, 0.29) is 0 Å². The molecule has 0 amide bonds. The maximum Gasteiger partial charge on any atom is 0.0310 e. The van der Waals surface area contributed by atoms with Crippen molar-refractivity contribution in [1.29, 1.82) is 0 Å². The van der Waals surface area contributed by atoms with Crippen LogP contribution in [-0.4, -0.2) is 12.6 Å². The fraction of sp³-hybridized carbons (Fsp3) is 0.867. The second-order valence-corrected chi connectivity index (χ2v) is 5.89. The van der Waals surface area contributed by atoms with E-state index in [1.807, 2.05) is 0 Å². The van der Waals surface area contributed by atoms with Gasteiger partial charge in [-0.05, 0) is 12.8 Å². The highest BCUT2D eigenvalue weighted by Crippen LogP contribution is 2.17. The summed E-state index contributed by atoms with van der Waals surface area (Å²) in [6.45, 7) is 4.52. The van der Waals surface area contributed by atoms with Crippen LogP contribution in [0.3, 0.4) is 0 Å². The predicted molar refractivity (Wildman–Crippen MR) is 77.6 cm³/mol. The number of hydrogen-bond acceptors (Lipinski definition) is 1. The summed E-state index contributed by atoms with van der Waals surface area (Å²) in [5.74, 6) is 0. The minimum absolute atomic E-state index is 0.657. The normalized spacial score (nSPS) is 21.5. The first-order valence-electron chi connectivity index (χ1n) is 7.35. The molecule has 0 spiro atoms. The van der Waals surface area contributed by atoms with Crippen molar-refractivity contribution in [3.8, 4) is 0 Å². The van der Waals surface area contributed by atoms with E-state index >= 15 is 0 Å². The van der Waals surface area contributed by atoms with Gasteiger partial charge in [-0.15, -0.1) is 0 Å². The highest BCUT2D eigenvalue weighted by molar-refractivity contribution is 6.29. The summed E-state index contributed by atoms with van der Waals surface area (Å²) in [5, 5.41) is 4.27. The van der Waals surface area contributed by atoms with Gasteiger partial charge in [-0.3, -0.25) is 0 Å². The van der Waals surface area contributed by atoms with Gasteiger partial charge in [0.15, 0.2) is 0 Å². The Balaban J connectivity index is 2.24. The van der Waals surface area contributed by atoms with Crippen LogP contribution in [-0.2, 0) is 0 Å². The van der Waals surface area contributed by atoms with E-state index in [1.54, 1.807) is 0 Å². The minimum atomic E-state index is 0.657. The summed E-state index contributed by atoms with van der Waals surface area (Å²) in [6.07, 6.45) is 15.3. The summed E-state index contributed by atoms with van der Waals surface area (Å²) >= 11 is 5.82. The van der Waals surface area contributed by atoms with Crippen LogP contribution in [0.2, 0.25) is 0 Å². The SMILES string of the molecule is C=C(Cl)CNC1CCCCCCCCCCC1. The van der Waals surface area contributed by atoms with E-state index in [0.29, 0.717) is 6.04 Å². The molecule has 1 N–H and O–H groups in total. The van der Waals surface area contributed by atoms with E-state index in [1.165, 1.54) is 70.6 Å². The standard InChI is InChI=1S/C15H28ClN/c1-14(16)13-17-15-11-9-7-5-3-2-4-6-8-10-12-15/h15,17H,1-13H2. The topological polar surface area (TPSA) is 12.0 Å². The fourth-order valence-corrected chi connectivity index (χ4v) is 2.70. The third kappa shape index (κ3) is 8.68. The first kappa shape index (κ1) is 15.0. The summed E-state index contributed by atoms with van der Waals surface area (Å²) < 4.78 is 0. The molecule has 1 saturated carbocycles. The Bertz CT molecular complexity index is 191. The highest BCUT2D eigenvalue weighted by atomic mass is 35.5. The summed E-state index contributed by atoms with van der Waals surface area (Å²) in [7, 11) is 0. The first-order chi connectivity index (χ1) is 8.29. The van der Waals surface area contributed by atoms with Crippen molar-refractivity contribution in [2.45, 2.75) is 76.7 Å². The average Bonchev–Trinajstić information content (AvgIpc) is 2.28. The monoisotopic (exact) mass is 257 g/mol. The molecule has 1 rings (SSSR count). The molecule has 1 fully saturated rings. The maximum atomic E-state index is 5.82. The highest BCUT2D eigenvalue weighted by Gasteiger charge is 2.08. The molecule has 0 radical (unpaired) electrons. The maximum absolute atomic E-state index is 5.82. The van der Waals surface area contributed by atoms with Gasteiger partial charge < -0.3 is 5.32 Å². The van der Waals surface area contributed by atoms with Gasteiger partial charge >= 0.3 is 0 Å². The molecule has 1 nitrogen and oxygen atoms in total. The van der Waals surface area contributed by atoms with E-state index < -0.39 is 0 Å². The lowest BCUT2D eigenvalue weighted by Gasteiger charge is -2.19. The number of rotatable bonds is 3. The van der Waals surface area contributed by atoms with Crippen molar-refractivity contribution in [2.75, 3.05) is 6.54 Å². The van der Waals surface area contributed by atoms with E-state index in [4.69, 9.17) is 11.6 Å². The van der Waals surface area contributed by atoms with Gasteiger partial charge in [-0.2, -0.15) is 0 Å². The molecule has 0 heterocycles. The minimum Gasteiger partial charge on any atom is -0.309 e. The molecule has 0 atom stereocenters. The lowest BCUT2D eigenvalue weighted by molar-refractivity contribution is 0.415. The second-order valence-electron chi connectivity index (χ2n) is 5.35. The zero-order valence-corrected chi connectivity index (χ0v) is 11.9. The zero-order valence-electron chi connectivity index (χ0n) is 11.1. The van der Waals surface area contributed by atoms with Crippen LogP contribution in [0.5, 0.6) is 0 Å². The van der Waals surface area contributed by atoms with Crippen LogP contribution in [0, 0.1) is 0 Å². The van der Waals surface area contributed by atoms with Gasteiger partial charge in [0.25, 0.3) is 0 Å². The van der Waals surface area contributed by atoms with Crippen LogP contribution >= 0.6 is 11.6 Å². The molecule has 100 valence electrons. The van der Waals surface area contributed by atoms with Gasteiger partial charge in [0.05, 0.1) is 0 Å². The summed E-state index contributed by atoms with van der Waals surface area (Å²) in [5.41, 5.74) is 0. The molecule has 0 saturated heterocycles. The Labute approximate surface area is 112 Å². The molecule has 0 aromatic carbocycles. The van der Waals surface area contributed by atoms with Crippen molar-refractivity contribution < 1.29 is 0 Å². The Hall–Kier alpha value is -0.0100. The molecule has 0 unspecified atom stereocenters. The Kier molecular flexibility index (Phi) is 8.82. The molecule has 0 bridgehead atoms. The van der Waals surface area contributed by atoms with Crippen LogP contribution in [0.25, 0.3) is 0 Å². The third-order valence-corrected chi connectivity index (χ3v) is 3.82. The number of halogens is 1. The summed E-state index contributed by atoms with van der Waals surface area (Å²) in [4.78, 5) is 0. The fourth-order valence-electron chi connectivity index (χ4n) is 2.62. The second kappa shape index (κ2) is 9.96. The van der Waals surface area contributed by atoms with Crippen molar-refractivity contribution in [3.05, 3.63) is 11.6 Å². The van der Waals surface area contributed by atoms with E-state index in [0.717, 1.165) is 11.6 Å². The number of hydrogen-bond donors (Lipinski definition) is 1. The van der Waals surface area contributed by atoms with Crippen molar-refractivity contribution in [3.63, 3.8) is 0 Å². The zero-order chi connectivity index (χ0) is 12.3. The smallest absolute Gasteiger partial charge is 0.0310 e. The molecule has 0 aromatic heterocycles. The van der Waals surface area contributed by atoms with Gasteiger partial charge in [0.1, 0.15) is 0 Å². The molecular weight excluding hydrogens is 230 g/mol. The molecule has 0 aliphatic heterocycles. The summed E-state index contributed by atoms with van der Waals surface area (Å²) in [6, 6.07) is 0.657. The first-order valence-corrected chi connectivity index (χ1v) is 7.73. The van der Waals surface area contributed by atoms with Crippen LogP contribution in [0.15, 0.2) is 11.6 Å². The van der Waals surface area contributed by atoms with E-state index in [2.05, 4.69) is 11.9 Å². The van der Waals surface area contributed by atoms with Gasteiger partial charge in [0, 0.05) is 17.6 Å². The lowest BCUT2D eigenvalue weighted by Crippen LogP contribution is -2.30. The Morgan fingerprint density at radius 1 is 0.882 bits per heavy atom. The average molecular weight is 258 g/mol.